The van der Waals surface area contributed by atoms with Crippen LogP contribution in [0.2, 0.25) is 0 Å². The van der Waals surface area contributed by atoms with Gasteiger partial charge in [-0.2, -0.15) is 13.2 Å². The van der Waals surface area contributed by atoms with Crippen molar-refractivity contribution in [2.45, 2.75) is 33.4 Å². The molecule has 35 heavy (non-hydrogen) atoms. The third-order valence-corrected chi connectivity index (χ3v) is 7.46. The van der Waals surface area contributed by atoms with Crippen LogP contribution in [-0.4, -0.2) is 6.18 Å². The molecule has 0 N–H and O–H groups in total. The molecule has 1 aliphatic heterocycles. The minimum atomic E-state index is -4.30. The number of alkyl halides is 3. The highest BCUT2D eigenvalue weighted by molar-refractivity contribution is 6.16. The van der Waals surface area contributed by atoms with Crippen molar-refractivity contribution in [2.75, 3.05) is 0 Å². The second-order valence-corrected chi connectivity index (χ2v) is 10.2. The fourth-order valence-electron chi connectivity index (χ4n) is 5.45. The molecule has 0 unspecified atom stereocenters. The number of pyridine rings is 1. The van der Waals surface area contributed by atoms with Crippen molar-refractivity contribution >= 4 is 32.3 Å². The Bertz CT molecular complexity index is 1680. The number of fused-ring (bicyclic) bond motifs is 5. The van der Waals surface area contributed by atoms with Crippen molar-refractivity contribution in [3.05, 3.63) is 78.0 Å². The first-order valence-electron chi connectivity index (χ1n) is 11.7. The Morgan fingerprint density at radius 3 is 2.34 bits per heavy atom. The van der Waals surface area contributed by atoms with Crippen LogP contribution < -0.4 is 9.30 Å². The molecule has 2 nitrogen and oxygen atoms in total. The van der Waals surface area contributed by atoms with Crippen LogP contribution in [0.3, 0.4) is 0 Å². The summed E-state index contributed by atoms with van der Waals surface area (Å²) in [5.41, 5.74) is 2.09. The van der Waals surface area contributed by atoms with E-state index in [1.165, 1.54) is 19.2 Å². The van der Waals surface area contributed by atoms with Gasteiger partial charge in [0.05, 0.1) is 16.4 Å². The maximum absolute atomic E-state index is 13.7. The normalized spacial score (nSPS) is 13.3. The average molecular weight is 473 g/mol. The zero-order valence-corrected chi connectivity index (χ0v) is 20.0. The highest BCUT2D eigenvalue weighted by Gasteiger charge is 2.47. The van der Waals surface area contributed by atoms with E-state index in [-0.39, 0.29) is 6.42 Å². The van der Waals surface area contributed by atoms with Gasteiger partial charge in [-0.3, -0.25) is 0 Å². The third kappa shape index (κ3) is 3.14. The molecule has 176 valence electrons. The third-order valence-electron chi connectivity index (χ3n) is 7.46. The lowest BCUT2D eigenvalue weighted by Gasteiger charge is -2.28. The number of benzene rings is 4. The second kappa shape index (κ2) is 7.20. The fraction of sp³-hybridized carbons (Fsp3) is 0.233. The molecular weight excluding hydrogens is 447 g/mol. The van der Waals surface area contributed by atoms with E-state index in [2.05, 4.69) is 29.7 Å². The summed E-state index contributed by atoms with van der Waals surface area (Å²) < 4.78 is 49.8. The number of rotatable bonds is 2. The van der Waals surface area contributed by atoms with Gasteiger partial charge in [-0.05, 0) is 58.1 Å². The highest BCUT2D eigenvalue weighted by atomic mass is 19.4. The number of ether oxygens (including phenoxy) is 1. The molecule has 0 saturated heterocycles. The lowest BCUT2D eigenvalue weighted by atomic mass is 9.82. The van der Waals surface area contributed by atoms with Crippen LogP contribution in [0.15, 0.2) is 66.9 Å². The van der Waals surface area contributed by atoms with Crippen molar-refractivity contribution in [2.24, 2.45) is 12.5 Å². The van der Waals surface area contributed by atoms with Crippen LogP contribution in [-0.2, 0) is 13.5 Å². The summed E-state index contributed by atoms with van der Waals surface area (Å²) in [6.07, 6.45) is -2.38. The maximum Gasteiger partial charge on any atom is 0.394 e. The molecule has 0 fully saturated rings. The molecule has 0 bridgehead atoms. The van der Waals surface area contributed by atoms with Gasteiger partial charge in [-0.1, -0.05) is 56.3 Å². The molecule has 1 aliphatic rings. The van der Waals surface area contributed by atoms with Gasteiger partial charge in [0.15, 0.2) is 6.20 Å². The van der Waals surface area contributed by atoms with Crippen LogP contribution in [0.25, 0.3) is 43.6 Å². The standard InChI is InChI=1S/C30H25F3NO/c1-17-20-10-6-5-8-18(20)14-24-26(17)28-27-22(12-13-34(28)4)21-11-7-9-19(23(21)15-25(27)35-24)16-29(2,3)30(31,32)33/h5-15H,16H2,1-4H3/q+1. The summed E-state index contributed by atoms with van der Waals surface area (Å²) in [5, 5.41) is 5.97. The number of nitrogens with zero attached hydrogens (tertiary/aromatic N) is 1. The molecule has 5 heteroatoms. The van der Waals surface area contributed by atoms with Gasteiger partial charge in [-0.25, -0.2) is 4.57 Å². The molecule has 0 aliphatic carbocycles. The molecule has 0 amide bonds. The Kier molecular flexibility index (Phi) is 4.51. The number of hydrogen-bond donors (Lipinski definition) is 0. The SMILES string of the molecule is Cc1c2c(cc3ccccc13)Oc1cc3c(CC(C)(C)C(F)(F)F)cccc3c3cc[n+](C)c-2c13. The van der Waals surface area contributed by atoms with Gasteiger partial charge in [0, 0.05) is 11.5 Å². The molecule has 4 aromatic carbocycles. The molecule has 5 aromatic rings. The topological polar surface area (TPSA) is 13.1 Å². The van der Waals surface area contributed by atoms with Gasteiger partial charge in [0.25, 0.3) is 0 Å². The van der Waals surface area contributed by atoms with Crippen molar-refractivity contribution < 1.29 is 22.5 Å². The minimum absolute atomic E-state index is 0.105. The molecule has 1 aromatic heterocycles. The van der Waals surface area contributed by atoms with E-state index >= 15 is 0 Å². The first-order valence-corrected chi connectivity index (χ1v) is 11.7. The number of aromatic nitrogens is 1. The summed E-state index contributed by atoms with van der Waals surface area (Å²) >= 11 is 0. The van der Waals surface area contributed by atoms with Crippen LogP contribution >= 0.6 is 0 Å². The van der Waals surface area contributed by atoms with Crippen molar-refractivity contribution in [3.8, 4) is 22.8 Å². The number of halogens is 3. The quantitative estimate of drug-likeness (QED) is 0.183. The Morgan fingerprint density at radius 2 is 1.57 bits per heavy atom. The van der Waals surface area contributed by atoms with Gasteiger partial charge >= 0.3 is 6.18 Å². The van der Waals surface area contributed by atoms with E-state index < -0.39 is 11.6 Å². The van der Waals surface area contributed by atoms with Crippen molar-refractivity contribution in [3.63, 3.8) is 0 Å². The van der Waals surface area contributed by atoms with Crippen LogP contribution in [0.5, 0.6) is 11.5 Å². The Balaban J connectivity index is 1.68. The molecule has 0 radical (unpaired) electrons. The predicted molar refractivity (Wildman–Crippen MR) is 134 cm³/mol. The zero-order chi connectivity index (χ0) is 24.7. The first kappa shape index (κ1) is 21.9. The monoisotopic (exact) mass is 472 g/mol. The zero-order valence-electron chi connectivity index (χ0n) is 20.0. The molecular formula is C30H25F3NO+. The first-order chi connectivity index (χ1) is 16.6. The van der Waals surface area contributed by atoms with Crippen molar-refractivity contribution in [1.82, 2.24) is 0 Å². The summed E-state index contributed by atoms with van der Waals surface area (Å²) in [5.74, 6) is 1.45. The van der Waals surface area contributed by atoms with E-state index in [1.54, 1.807) is 6.07 Å². The van der Waals surface area contributed by atoms with Crippen molar-refractivity contribution in [1.29, 1.82) is 0 Å². The van der Waals surface area contributed by atoms with Gasteiger partial charge in [0.1, 0.15) is 18.5 Å². The predicted octanol–water partition coefficient (Wildman–Crippen LogP) is 8.18. The van der Waals surface area contributed by atoms with E-state index in [4.69, 9.17) is 4.74 Å². The Labute approximate surface area is 201 Å². The number of aryl methyl sites for hydroxylation is 2. The summed E-state index contributed by atoms with van der Waals surface area (Å²) in [7, 11) is 2.02. The lowest BCUT2D eigenvalue weighted by molar-refractivity contribution is -0.659. The van der Waals surface area contributed by atoms with Crippen LogP contribution in [0.1, 0.15) is 25.0 Å². The second-order valence-electron chi connectivity index (χ2n) is 10.2. The molecule has 0 spiro atoms. The van der Waals surface area contributed by atoms with Crippen LogP contribution in [0, 0.1) is 12.3 Å². The van der Waals surface area contributed by atoms with E-state index in [0.717, 1.165) is 49.5 Å². The smallest absolute Gasteiger partial charge is 0.394 e. The van der Waals surface area contributed by atoms with Gasteiger partial charge in [0.2, 0.25) is 5.69 Å². The minimum Gasteiger partial charge on any atom is -0.456 e. The number of hydrogen-bond acceptors (Lipinski definition) is 1. The summed E-state index contributed by atoms with van der Waals surface area (Å²) in [4.78, 5) is 0. The largest absolute Gasteiger partial charge is 0.456 e. The molecule has 2 heterocycles. The van der Waals surface area contributed by atoms with E-state index in [1.807, 2.05) is 49.6 Å². The lowest BCUT2D eigenvalue weighted by Crippen LogP contribution is -2.34. The molecule has 6 rings (SSSR count). The Morgan fingerprint density at radius 1 is 0.829 bits per heavy atom. The van der Waals surface area contributed by atoms with Crippen LogP contribution in [0.4, 0.5) is 13.2 Å². The maximum atomic E-state index is 13.7. The van der Waals surface area contributed by atoms with Gasteiger partial charge in [-0.15, -0.1) is 0 Å². The molecule has 0 atom stereocenters. The van der Waals surface area contributed by atoms with E-state index in [0.29, 0.717) is 11.3 Å². The summed E-state index contributed by atoms with van der Waals surface area (Å²) in [6, 6.07) is 19.9. The summed E-state index contributed by atoms with van der Waals surface area (Å²) in [6.45, 7) is 4.64. The van der Waals surface area contributed by atoms with Gasteiger partial charge < -0.3 is 4.74 Å². The fourth-order valence-corrected chi connectivity index (χ4v) is 5.45. The molecule has 0 saturated carbocycles. The van der Waals surface area contributed by atoms with E-state index in [9.17, 15) is 13.2 Å². The Hall–Kier alpha value is -3.60. The highest BCUT2D eigenvalue weighted by Crippen LogP contribution is 2.50. The average Bonchev–Trinajstić information content (AvgIpc) is 2.80.